The summed E-state index contributed by atoms with van der Waals surface area (Å²) in [5.74, 6) is 0.0193. The van der Waals surface area contributed by atoms with Gasteiger partial charge in [0.1, 0.15) is 36.3 Å². The molecule has 4 saturated carbocycles. The fourth-order valence-electron chi connectivity index (χ4n) is 13.6. The van der Waals surface area contributed by atoms with Crippen molar-refractivity contribution in [3.63, 3.8) is 0 Å². The minimum atomic E-state index is -5.95. The number of hydrogen-bond acceptors (Lipinski definition) is 25. The Hall–Kier alpha value is -2.56. The second kappa shape index (κ2) is 25.3. The first-order chi connectivity index (χ1) is 36.8. The van der Waals surface area contributed by atoms with Gasteiger partial charge in [-0.05, 0) is 97.7 Å². The van der Waals surface area contributed by atoms with Crippen molar-refractivity contribution in [1.82, 2.24) is 30.2 Å². The third-order valence-electron chi connectivity index (χ3n) is 17.9. The quantitative estimate of drug-likeness (QED) is 0.0497. The number of aliphatic hydroxyl groups is 5. The molecular formula is C48H76N7O20P3S-4. The fourth-order valence-corrected chi connectivity index (χ4v) is 17.1. The van der Waals surface area contributed by atoms with E-state index >= 15 is 0 Å². The van der Waals surface area contributed by atoms with Gasteiger partial charge in [-0.2, -0.15) is 0 Å². The molecule has 2 aromatic heterocycles. The maximum atomic E-state index is 13.0. The first-order valence-electron chi connectivity index (χ1n) is 26.8. The number of nitrogens with zero attached hydrogens (tertiary/aromatic N) is 4. The molecule has 27 nitrogen and oxygen atoms in total. The number of nitrogens with two attached hydrogens (primary N) is 1. The summed E-state index contributed by atoms with van der Waals surface area (Å²) in [7, 11) is -17.7. The number of aliphatic hydroxyl groups excluding tert-OH is 5. The van der Waals surface area contributed by atoms with Crippen molar-refractivity contribution in [2.45, 2.75) is 161 Å². The summed E-state index contributed by atoms with van der Waals surface area (Å²) in [6, 6.07) is 0. The van der Waals surface area contributed by atoms with Crippen LogP contribution >= 0.6 is 35.2 Å². The van der Waals surface area contributed by atoms with Crippen LogP contribution < -0.4 is 35.9 Å². The first-order valence-corrected chi connectivity index (χ1v) is 32.2. The van der Waals surface area contributed by atoms with Crippen LogP contribution in [-0.4, -0.2) is 137 Å². The van der Waals surface area contributed by atoms with E-state index in [0.29, 0.717) is 36.9 Å². The van der Waals surface area contributed by atoms with Gasteiger partial charge in [0.15, 0.2) is 22.8 Å². The number of amides is 2. The van der Waals surface area contributed by atoms with Gasteiger partial charge < -0.3 is 84.3 Å². The molecule has 19 atom stereocenters. The van der Waals surface area contributed by atoms with Crippen LogP contribution in [-0.2, 0) is 50.7 Å². The third kappa shape index (κ3) is 14.7. The average Bonchev–Trinajstić information content (AvgIpc) is 4.30. The number of nitrogen functional groups attached to an aromatic ring is 1. The molecule has 2 amide bonds. The lowest BCUT2D eigenvalue weighted by atomic mass is 9.43. The topological polar surface area (TPSA) is 436 Å². The Labute approximate surface area is 462 Å². The van der Waals surface area contributed by atoms with E-state index in [4.69, 9.17) is 10.5 Å². The highest BCUT2D eigenvalue weighted by atomic mass is 32.2. The molecule has 448 valence electrons. The van der Waals surface area contributed by atoms with E-state index in [1.54, 1.807) is 0 Å². The van der Waals surface area contributed by atoms with Crippen molar-refractivity contribution in [3.05, 3.63) is 12.7 Å². The summed E-state index contributed by atoms with van der Waals surface area (Å²) < 4.78 is 61.2. The Morgan fingerprint density at radius 1 is 0.949 bits per heavy atom. The third-order valence-corrected chi connectivity index (χ3v) is 22.0. The molecule has 5 fully saturated rings. The van der Waals surface area contributed by atoms with Crippen molar-refractivity contribution in [1.29, 1.82) is 0 Å². The van der Waals surface area contributed by atoms with Crippen LogP contribution in [0.1, 0.15) is 118 Å². The molecule has 2 aromatic rings. The van der Waals surface area contributed by atoms with Gasteiger partial charge in [-0.15, -0.1) is 0 Å². The molecule has 5 aliphatic rings. The van der Waals surface area contributed by atoms with Crippen molar-refractivity contribution in [3.8, 4) is 0 Å². The van der Waals surface area contributed by atoms with E-state index < -0.39 is 96.8 Å². The molecule has 9 N–H and O–H groups in total. The van der Waals surface area contributed by atoms with Crippen LogP contribution in [0.25, 0.3) is 11.2 Å². The highest BCUT2D eigenvalue weighted by Gasteiger charge is 2.65. The second-order valence-corrected chi connectivity index (χ2v) is 28.6. The van der Waals surface area contributed by atoms with Crippen molar-refractivity contribution in [2.75, 3.05) is 37.8 Å². The van der Waals surface area contributed by atoms with Gasteiger partial charge in [0.05, 0.1) is 45.7 Å². The van der Waals surface area contributed by atoms with E-state index in [2.05, 4.69) is 64.2 Å². The second-order valence-electron chi connectivity index (χ2n) is 23.5. The minimum Gasteiger partial charge on any atom is -0.790 e. The molecule has 4 aliphatic carbocycles. The number of anilines is 1. The zero-order valence-corrected chi connectivity index (χ0v) is 48.6. The highest BCUT2D eigenvalue weighted by molar-refractivity contribution is 8.13. The van der Waals surface area contributed by atoms with Crippen LogP contribution in [0, 0.1) is 57.7 Å². The van der Waals surface area contributed by atoms with Gasteiger partial charge in [-0.25, -0.2) is 19.3 Å². The lowest BCUT2D eigenvalue weighted by Gasteiger charge is -2.63. The zero-order chi connectivity index (χ0) is 58.2. The summed E-state index contributed by atoms with van der Waals surface area (Å²) in [6.07, 6.45) is -0.659. The zero-order valence-electron chi connectivity index (χ0n) is 45.1. The van der Waals surface area contributed by atoms with Gasteiger partial charge in [0.25, 0.3) is 15.6 Å². The largest absolute Gasteiger partial charge is 0.790 e. The van der Waals surface area contributed by atoms with E-state index in [-0.39, 0.29) is 88.1 Å². The molecular weight excluding hydrogens is 1120 g/mol. The number of thioether (sulfide) groups is 1. The number of hydrogen-bond donors (Lipinski definition) is 8. The normalized spacial score (nSPS) is 34.6. The van der Waals surface area contributed by atoms with Gasteiger partial charge in [0.2, 0.25) is 11.8 Å². The van der Waals surface area contributed by atoms with E-state index in [1.165, 1.54) is 13.8 Å². The van der Waals surface area contributed by atoms with Crippen LogP contribution in [0.5, 0.6) is 0 Å². The fraction of sp³-hybridized carbons (Fsp3) is 0.833. The van der Waals surface area contributed by atoms with Crippen molar-refractivity contribution in [2.24, 2.45) is 57.7 Å². The predicted octanol–water partition coefficient (Wildman–Crippen LogP) is 0.541. The number of ether oxygens (including phenoxy) is 1. The summed E-state index contributed by atoms with van der Waals surface area (Å²) in [5.41, 5.74) is 3.78. The molecule has 1 aliphatic heterocycles. The lowest BCUT2D eigenvalue weighted by Crippen LogP contribution is -2.62. The number of carbonyl (C=O) groups excluding carboxylic acids is 3. The Balaban J connectivity index is 0.770. The van der Waals surface area contributed by atoms with Gasteiger partial charge in [0, 0.05) is 36.6 Å². The molecule has 0 radical (unpaired) electrons. The predicted molar refractivity (Wildman–Crippen MR) is 274 cm³/mol. The van der Waals surface area contributed by atoms with E-state index in [9.17, 15) is 73.2 Å². The first kappa shape index (κ1) is 64.0. The van der Waals surface area contributed by atoms with Gasteiger partial charge in [-0.1, -0.05) is 66.1 Å². The highest BCUT2D eigenvalue weighted by Crippen LogP contribution is 2.68. The maximum absolute atomic E-state index is 13.0. The molecule has 7 rings (SSSR count). The maximum Gasteiger partial charge on any atom is 0.274 e. The van der Waals surface area contributed by atoms with Gasteiger partial charge in [-0.3, -0.25) is 28.1 Å². The molecule has 2 unspecified atom stereocenters. The number of imidazole rings is 1. The Bertz CT molecular complexity index is 2640. The number of aromatic nitrogens is 4. The molecule has 0 bridgehead atoms. The number of nitrogens with one attached hydrogen (secondary N) is 2. The number of carbonyl (C=O) groups is 3. The Kier molecular flexibility index (Phi) is 20.5. The van der Waals surface area contributed by atoms with Crippen LogP contribution in [0.15, 0.2) is 12.7 Å². The lowest BCUT2D eigenvalue weighted by molar-refractivity contribution is -0.347. The Morgan fingerprint density at radius 2 is 1.66 bits per heavy atom. The van der Waals surface area contributed by atoms with Crippen molar-refractivity contribution < 1.29 is 95.8 Å². The standard InChI is InChI=1S/C48H80N7O20P3S/c1-25(29-10-11-30-36-31(20-34(58)48(29,30)6)47(5)14-12-28(56)18-27(47)19-32(36)57)8-7-9-26(2)45(63)79-17-16-50-35(59)13-15-51-43(62)40(61)46(3,4)22-72-78(69,70)75-77(67,68)71-21-33-39(74-76(64,65)66)38(60)44(73-33)55-24-54-37-41(49)52-23-53-42(37)55/h23-34,36,38-40,44,56-58,60-61H,7-22H2,1-6H3,(H,50,59)(H,51,62)(H,67,68)(H,69,70)(H2,49,52,53)(H2,64,65,66)/p-4/t25-,26+,27+,28-,29-,30+,31+,32-,33-,34+,36+,38-,39-,40+,44-,47+,48-/m1/s1. The summed E-state index contributed by atoms with van der Waals surface area (Å²) in [5, 5.41) is 60.6. The average molecular weight is 1200 g/mol. The molecule has 0 spiro atoms. The number of rotatable bonds is 25. The minimum absolute atomic E-state index is 0.00233. The van der Waals surface area contributed by atoms with Gasteiger partial charge >= 0.3 is 0 Å². The number of phosphoric acid groups is 3. The summed E-state index contributed by atoms with van der Waals surface area (Å²) >= 11 is 1.11. The van der Waals surface area contributed by atoms with Crippen LogP contribution in [0.2, 0.25) is 0 Å². The van der Waals surface area contributed by atoms with Crippen LogP contribution in [0.3, 0.4) is 0 Å². The van der Waals surface area contributed by atoms with E-state index in [0.717, 1.165) is 73.9 Å². The van der Waals surface area contributed by atoms with Crippen LogP contribution in [0.4, 0.5) is 5.82 Å². The molecule has 31 heteroatoms. The molecule has 1 saturated heterocycles. The molecule has 79 heavy (non-hydrogen) atoms. The summed E-state index contributed by atoms with van der Waals surface area (Å²) in [4.78, 5) is 98.4. The number of fused-ring (bicyclic) bond motifs is 6. The number of phosphoric ester groups is 3. The Morgan fingerprint density at radius 3 is 2.37 bits per heavy atom. The smallest absolute Gasteiger partial charge is 0.274 e. The molecule has 3 heterocycles. The van der Waals surface area contributed by atoms with Crippen molar-refractivity contribution >= 4 is 69.1 Å². The monoisotopic (exact) mass is 1200 g/mol. The SMILES string of the molecule is C[C@H](CCC[C@H](C)C(=O)SCCNC(=O)CCNC(=O)[C@H](O)C(C)(C)COP(=O)([O-])OP(=O)([O-])OC[C@H]1O[C@@H](n2cnc3c(N)ncnc32)[C@H](O)[C@@H]1OP(=O)([O-])[O-])[C@H]1CC[C@H]2[C@@H]3[C@H](O)C[C@@H]4C[C@H](O)CC[C@]4(C)[C@H]3C[C@H](O)[C@]12C. The van der Waals surface area contributed by atoms with E-state index in [1.807, 2.05) is 6.92 Å². The summed E-state index contributed by atoms with van der Waals surface area (Å²) in [6.45, 7) is 8.75. The molecule has 0 aromatic carbocycles.